The first-order chi connectivity index (χ1) is 12.9. The Balaban J connectivity index is 1.73. The number of aryl methyl sites for hydroxylation is 2. The van der Waals surface area contributed by atoms with E-state index in [1.165, 1.54) is 5.56 Å². The second-order valence-electron chi connectivity index (χ2n) is 7.54. The highest BCUT2D eigenvalue weighted by molar-refractivity contribution is 5.99. The number of anilines is 1. The first kappa shape index (κ1) is 19.2. The van der Waals surface area contributed by atoms with Crippen LogP contribution in [0.4, 0.5) is 5.69 Å². The topological polar surface area (TPSA) is 46.6 Å². The molecule has 1 saturated heterocycles. The van der Waals surface area contributed by atoms with Gasteiger partial charge in [0.1, 0.15) is 5.75 Å². The highest BCUT2D eigenvalue weighted by atomic mass is 16.5. The minimum atomic E-state index is -0.441. The summed E-state index contributed by atoms with van der Waals surface area (Å²) < 4.78 is 5.72. The molecule has 0 radical (unpaired) electrons. The fraction of sp³-hybridized carbons (Fsp3) is 0.391. The van der Waals surface area contributed by atoms with Crippen LogP contribution in [0.5, 0.6) is 5.75 Å². The summed E-state index contributed by atoms with van der Waals surface area (Å²) in [5, 5.41) is 0. The maximum absolute atomic E-state index is 12.7. The van der Waals surface area contributed by atoms with Gasteiger partial charge < -0.3 is 9.64 Å². The lowest BCUT2D eigenvalue weighted by atomic mass is 10.0. The highest BCUT2D eigenvalue weighted by Crippen LogP contribution is 2.30. The lowest BCUT2D eigenvalue weighted by Gasteiger charge is -2.18. The monoisotopic (exact) mass is 365 g/mol. The van der Waals surface area contributed by atoms with Crippen molar-refractivity contribution < 1.29 is 14.3 Å². The Morgan fingerprint density at radius 3 is 2.52 bits per heavy atom. The van der Waals surface area contributed by atoms with Crippen molar-refractivity contribution in [2.45, 2.75) is 46.5 Å². The van der Waals surface area contributed by atoms with Crippen LogP contribution in [-0.4, -0.2) is 18.4 Å². The quantitative estimate of drug-likeness (QED) is 0.573. The molecule has 4 heteroatoms. The van der Waals surface area contributed by atoms with Gasteiger partial charge in [-0.2, -0.15) is 0 Å². The molecule has 0 unspecified atom stereocenters. The molecule has 2 aromatic rings. The molecule has 0 saturated carbocycles. The third kappa shape index (κ3) is 4.21. The lowest BCUT2D eigenvalue weighted by Crippen LogP contribution is -2.27. The lowest BCUT2D eigenvalue weighted by molar-refractivity contribution is -0.139. The number of carbonyl (C=O) groups excluding carboxylic acids is 2. The maximum Gasteiger partial charge on any atom is 0.316 e. The van der Waals surface area contributed by atoms with E-state index in [1.54, 1.807) is 4.90 Å². The zero-order valence-corrected chi connectivity index (χ0v) is 16.5. The second kappa shape index (κ2) is 7.95. The summed E-state index contributed by atoms with van der Waals surface area (Å²) in [7, 11) is 0. The SMILES string of the molecule is CCc1ccc(N2C[C@H](C(=O)Oc3cc(C)ccc3C(C)C)CC2=O)cc1. The molecule has 27 heavy (non-hydrogen) atoms. The van der Waals surface area contributed by atoms with Crippen molar-refractivity contribution in [2.24, 2.45) is 5.92 Å². The molecule has 1 fully saturated rings. The first-order valence-corrected chi connectivity index (χ1v) is 9.60. The molecule has 0 N–H and O–H groups in total. The Morgan fingerprint density at radius 2 is 1.89 bits per heavy atom. The van der Waals surface area contributed by atoms with Gasteiger partial charge in [-0.25, -0.2) is 0 Å². The predicted molar refractivity (Wildman–Crippen MR) is 107 cm³/mol. The van der Waals surface area contributed by atoms with Crippen molar-refractivity contribution in [3.05, 3.63) is 59.2 Å². The highest BCUT2D eigenvalue weighted by Gasteiger charge is 2.36. The molecule has 0 spiro atoms. The average molecular weight is 365 g/mol. The van der Waals surface area contributed by atoms with E-state index in [-0.39, 0.29) is 24.2 Å². The average Bonchev–Trinajstić information content (AvgIpc) is 3.03. The van der Waals surface area contributed by atoms with Crippen LogP contribution in [0.1, 0.15) is 49.8 Å². The van der Waals surface area contributed by atoms with E-state index in [1.807, 2.05) is 49.4 Å². The van der Waals surface area contributed by atoms with Gasteiger partial charge in [0, 0.05) is 18.7 Å². The molecule has 1 aliphatic rings. The van der Waals surface area contributed by atoms with Crippen molar-refractivity contribution in [3.8, 4) is 5.75 Å². The number of ether oxygens (including phenoxy) is 1. The van der Waals surface area contributed by atoms with E-state index in [9.17, 15) is 9.59 Å². The summed E-state index contributed by atoms with van der Waals surface area (Å²) in [4.78, 5) is 26.9. The van der Waals surface area contributed by atoms with Crippen LogP contribution in [0.2, 0.25) is 0 Å². The number of benzene rings is 2. The molecule has 2 aromatic carbocycles. The number of rotatable bonds is 5. The van der Waals surface area contributed by atoms with E-state index in [4.69, 9.17) is 4.74 Å². The Kier molecular flexibility index (Phi) is 5.64. The number of hydrogen-bond donors (Lipinski definition) is 0. The summed E-state index contributed by atoms with van der Waals surface area (Å²) in [6.07, 6.45) is 1.15. The van der Waals surface area contributed by atoms with E-state index in [0.717, 1.165) is 23.2 Å². The fourth-order valence-electron chi connectivity index (χ4n) is 3.43. The number of esters is 1. The Bertz CT molecular complexity index is 839. The zero-order valence-electron chi connectivity index (χ0n) is 16.5. The molecular weight excluding hydrogens is 338 g/mol. The van der Waals surface area contributed by atoms with Crippen LogP contribution in [0.15, 0.2) is 42.5 Å². The second-order valence-corrected chi connectivity index (χ2v) is 7.54. The summed E-state index contributed by atoms with van der Waals surface area (Å²) in [6.45, 7) is 8.58. The van der Waals surface area contributed by atoms with E-state index in [2.05, 4.69) is 20.8 Å². The zero-order chi connectivity index (χ0) is 19.6. The largest absolute Gasteiger partial charge is 0.426 e. The molecule has 1 atom stereocenters. The molecular formula is C23H27NO3. The van der Waals surface area contributed by atoms with Crippen LogP contribution in [0.3, 0.4) is 0 Å². The van der Waals surface area contributed by atoms with Crippen molar-refractivity contribution in [1.29, 1.82) is 0 Å². The number of carbonyl (C=O) groups is 2. The smallest absolute Gasteiger partial charge is 0.316 e. The van der Waals surface area contributed by atoms with Crippen LogP contribution in [0, 0.1) is 12.8 Å². The van der Waals surface area contributed by atoms with Crippen LogP contribution >= 0.6 is 0 Å². The normalized spacial score (nSPS) is 16.9. The van der Waals surface area contributed by atoms with E-state index in [0.29, 0.717) is 12.3 Å². The summed E-state index contributed by atoms with van der Waals surface area (Å²) in [6, 6.07) is 13.9. The van der Waals surface area contributed by atoms with Crippen molar-refractivity contribution in [2.75, 3.05) is 11.4 Å². The van der Waals surface area contributed by atoms with Gasteiger partial charge in [0.25, 0.3) is 0 Å². The van der Waals surface area contributed by atoms with Gasteiger partial charge in [-0.3, -0.25) is 9.59 Å². The van der Waals surface area contributed by atoms with Gasteiger partial charge in [0.05, 0.1) is 5.92 Å². The van der Waals surface area contributed by atoms with Gasteiger partial charge in [0.15, 0.2) is 0 Å². The molecule has 0 bridgehead atoms. The van der Waals surface area contributed by atoms with Crippen LogP contribution < -0.4 is 9.64 Å². The molecule has 1 aliphatic heterocycles. The minimum Gasteiger partial charge on any atom is -0.426 e. The molecule has 0 aromatic heterocycles. The summed E-state index contributed by atoms with van der Waals surface area (Å²) in [5.74, 6) is 0.0577. The first-order valence-electron chi connectivity index (χ1n) is 9.60. The minimum absolute atomic E-state index is 0.0328. The fourth-order valence-corrected chi connectivity index (χ4v) is 3.43. The number of hydrogen-bond acceptors (Lipinski definition) is 3. The van der Waals surface area contributed by atoms with E-state index >= 15 is 0 Å². The molecule has 3 rings (SSSR count). The number of nitrogens with zero attached hydrogens (tertiary/aromatic N) is 1. The molecule has 1 heterocycles. The van der Waals surface area contributed by atoms with Crippen molar-refractivity contribution in [1.82, 2.24) is 0 Å². The summed E-state index contributed by atoms with van der Waals surface area (Å²) in [5.41, 5.74) is 4.11. The Labute approximate surface area is 161 Å². The van der Waals surface area contributed by atoms with Gasteiger partial charge in [-0.05, 0) is 54.2 Å². The molecule has 0 aliphatic carbocycles. The third-order valence-electron chi connectivity index (χ3n) is 5.12. The van der Waals surface area contributed by atoms with Gasteiger partial charge >= 0.3 is 5.97 Å². The standard InChI is InChI=1S/C23H27NO3/c1-5-17-7-9-19(10-8-17)24-14-18(13-22(24)25)23(26)27-21-12-16(4)6-11-20(21)15(2)3/h6-12,15,18H,5,13-14H2,1-4H3/t18-/m1/s1. The number of amides is 1. The van der Waals surface area contributed by atoms with Crippen molar-refractivity contribution >= 4 is 17.6 Å². The van der Waals surface area contributed by atoms with Crippen LogP contribution in [-0.2, 0) is 16.0 Å². The predicted octanol–water partition coefficient (Wildman–Crippen LogP) is 4.64. The third-order valence-corrected chi connectivity index (χ3v) is 5.12. The summed E-state index contributed by atoms with van der Waals surface area (Å²) >= 11 is 0. The van der Waals surface area contributed by atoms with Crippen LogP contribution in [0.25, 0.3) is 0 Å². The molecule has 1 amide bonds. The molecule has 142 valence electrons. The van der Waals surface area contributed by atoms with Gasteiger partial charge in [-0.1, -0.05) is 45.0 Å². The van der Waals surface area contributed by atoms with Crippen molar-refractivity contribution in [3.63, 3.8) is 0 Å². The molecule has 4 nitrogen and oxygen atoms in total. The maximum atomic E-state index is 12.7. The van der Waals surface area contributed by atoms with E-state index < -0.39 is 5.92 Å². The Hall–Kier alpha value is -2.62. The Morgan fingerprint density at radius 1 is 1.19 bits per heavy atom. The van der Waals surface area contributed by atoms with Gasteiger partial charge in [0.2, 0.25) is 5.91 Å². The van der Waals surface area contributed by atoms with Gasteiger partial charge in [-0.15, -0.1) is 0 Å².